The van der Waals surface area contributed by atoms with Crippen LogP contribution < -0.4 is 11.1 Å². The monoisotopic (exact) mass is 417 g/mol. The summed E-state index contributed by atoms with van der Waals surface area (Å²) in [5.74, 6) is 1.63. The fourth-order valence-electron chi connectivity index (χ4n) is 2.55. The average molecular weight is 417 g/mol. The molecule has 1 heterocycles. The fourth-order valence-corrected chi connectivity index (χ4v) is 2.55. The van der Waals surface area contributed by atoms with Gasteiger partial charge in [0.25, 0.3) is 0 Å². The van der Waals surface area contributed by atoms with Gasteiger partial charge in [0, 0.05) is 17.5 Å². The smallest absolute Gasteiger partial charge is 0.189 e. The molecule has 1 saturated carbocycles. The normalized spacial score (nSPS) is 15.5. The van der Waals surface area contributed by atoms with Gasteiger partial charge >= 0.3 is 0 Å². The number of nitrogens with one attached hydrogen (secondary N) is 1. The molecule has 0 radical (unpaired) electrons. The molecule has 0 aliphatic heterocycles. The van der Waals surface area contributed by atoms with Crippen LogP contribution in [-0.4, -0.2) is 12.5 Å². The predicted octanol–water partition coefficient (Wildman–Crippen LogP) is 3.70. The molecule has 3 rings (SSSR count). The van der Waals surface area contributed by atoms with Gasteiger partial charge in [-0.05, 0) is 43.9 Å². The van der Waals surface area contributed by atoms with Crippen LogP contribution in [0, 0.1) is 18.7 Å². The third-order valence-corrected chi connectivity index (χ3v) is 4.19. The van der Waals surface area contributed by atoms with E-state index in [4.69, 9.17) is 10.2 Å². The number of guanidine groups is 1. The molecule has 1 aromatic heterocycles. The summed E-state index contributed by atoms with van der Waals surface area (Å²) in [4.78, 5) is 4.30. The summed E-state index contributed by atoms with van der Waals surface area (Å²) in [5, 5.41) is 3.94. The summed E-state index contributed by atoms with van der Waals surface area (Å²) in [6, 6.07) is 4.52. The van der Waals surface area contributed by atoms with Gasteiger partial charge in [-0.15, -0.1) is 24.0 Å². The lowest BCUT2D eigenvalue weighted by Gasteiger charge is -2.25. The second kappa shape index (κ2) is 7.30. The SMILES string of the molecule is Cc1c(CN=C(N)NCC2CCC2)oc2ccc(F)cc12.I. The molecule has 6 heteroatoms. The molecule has 0 unspecified atom stereocenters. The number of hydrogen-bond acceptors (Lipinski definition) is 2. The van der Waals surface area contributed by atoms with Gasteiger partial charge in [0.15, 0.2) is 5.96 Å². The Morgan fingerprint density at radius 3 is 2.91 bits per heavy atom. The molecule has 0 amide bonds. The van der Waals surface area contributed by atoms with Gasteiger partial charge in [-0.1, -0.05) is 6.42 Å². The van der Waals surface area contributed by atoms with Crippen molar-refractivity contribution in [2.24, 2.45) is 16.6 Å². The van der Waals surface area contributed by atoms with E-state index in [1.165, 1.54) is 31.4 Å². The van der Waals surface area contributed by atoms with Gasteiger partial charge in [-0.3, -0.25) is 0 Å². The highest BCUT2D eigenvalue weighted by molar-refractivity contribution is 14.0. The van der Waals surface area contributed by atoms with Crippen LogP contribution in [0.2, 0.25) is 0 Å². The minimum atomic E-state index is -0.261. The van der Waals surface area contributed by atoms with Gasteiger partial charge in [0.2, 0.25) is 0 Å². The quantitative estimate of drug-likeness (QED) is 0.453. The van der Waals surface area contributed by atoms with E-state index in [-0.39, 0.29) is 29.8 Å². The van der Waals surface area contributed by atoms with Crippen LogP contribution in [0.5, 0.6) is 0 Å². The van der Waals surface area contributed by atoms with E-state index < -0.39 is 0 Å². The lowest BCUT2D eigenvalue weighted by Crippen LogP contribution is -2.37. The molecule has 4 nitrogen and oxygen atoms in total. The first-order valence-corrected chi connectivity index (χ1v) is 7.35. The molecule has 22 heavy (non-hydrogen) atoms. The minimum Gasteiger partial charge on any atom is -0.459 e. The maximum atomic E-state index is 13.3. The van der Waals surface area contributed by atoms with Gasteiger partial charge in [0.1, 0.15) is 23.7 Å². The Bertz CT molecular complexity index is 679. The van der Waals surface area contributed by atoms with Crippen LogP contribution in [0.25, 0.3) is 11.0 Å². The Hall–Kier alpha value is -1.31. The number of aliphatic imine (C=N–C) groups is 1. The summed E-state index contributed by atoms with van der Waals surface area (Å²) in [6.45, 7) is 3.17. The van der Waals surface area contributed by atoms with E-state index in [1.54, 1.807) is 6.07 Å². The lowest BCUT2D eigenvalue weighted by molar-refractivity contribution is 0.315. The second-order valence-electron chi connectivity index (χ2n) is 5.67. The van der Waals surface area contributed by atoms with Crippen molar-refractivity contribution in [1.29, 1.82) is 0 Å². The highest BCUT2D eigenvalue weighted by atomic mass is 127. The van der Waals surface area contributed by atoms with E-state index in [0.29, 0.717) is 18.1 Å². The van der Waals surface area contributed by atoms with Gasteiger partial charge < -0.3 is 15.5 Å². The van der Waals surface area contributed by atoms with Crippen molar-refractivity contribution < 1.29 is 8.81 Å². The Balaban J connectivity index is 0.00000176. The number of hydrogen-bond donors (Lipinski definition) is 2. The number of halogens is 2. The number of benzene rings is 1. The van der Waals surface area contributed by atoms with E-state index in [2.05, 4.69) is 10.3 Å². The van der Waals surface area contributed by atoms with Gasteiger partial charge in [-0.25, -0.2) is 9.38 Å². The number of fused-ring (bicyclic) bond motifs is 1. The van der Waals surface area contributed by atoms with Crippen LogP contribution in [0.3, 0.4) is 0 Å². The summed E-state index contributed by atoms with van der Waals surface area (Å²) in [6.07, 6.45) is 3.86. The molecule has 0 spiro atoms. The zero-order valence-corrected chi connectivity index (χ0v) is 14.9. The van der Waals surface area contributed by atoms with Crippen LogP contribution >= 0.6 is 24.0 Å². The van der Waals surface area contributed by atoms with E-state index >= 15 is 0 Å². The van der Waals surface area contributed by atoms with Gasteiger partial charge in [0.05, 0.1) is 0 Å². The molecule has 1 fully saturated rings. The molecule has 2 aromatic rings. The number of nitrogens with zero attached hydrogens (tertiary/aromatic N) is 1. The van der Waals surface area contributed by atoms with E-state index in [9.17, 15) is 4.39 Å². The Morgan fingerprint density at radius 2 is 2.23 bits per heavy atom. The summed E-state index contributed by atoms with van der Waals surface area (Å²) < 4.78 is 19.0. The van der Waals surface area contributed by atoms with Crippen molar-refractivity contribution in [3.63, 3.8) is 0 Å². The summed E-state index contributed by atoms with van der Waals surface area (Å²) in [5.41, 5.74) is 7.45. The van der Waals surface area contributed by atoms with Crippen molar-refractivity contribution in [3.8, 4) is 0 Å². The number of aryl methyl sites for hydroxylation is 1. The maximum Gasteiger partial charge on any atom is 0.189 e. The zero-order chi connectivity index (χ0) is 14.8. The topological polar surface area (TPSA) is 63.5 Å². The highest BCUT2D eigenvalue weighted by Gasteiger charge is 2.17. The average Bonchev–Trinajstić information content (AvgIpc) is 2.71. The van der Waals surface area contributed by atoms with E-state index in [0.717, 1.165) is 29.2 Å². The Kier molecular flexibility index (Phi) is 5.66. The molecule has 1 aliphatic rings. The number of rotatable bonds is 4. The molecular weight excluding hydrogens is 396 g/mol. The van der Waals surface area contributed by atoms with Crippen molar-refractivity contribution in [1.82, 2.24) is 5.32 Å². The molecule has 1 aromatic carbocycles. The molecule has 0 atom stereocenters. The summed E-state index contributed by atoms with van der Waals surface area (Å²) >= 11 is 0. The van der Waals surface area contributed by atoms with Crippen LogP contribution in [0.1, 0.15) is 30.6 Å². The zero-order valence-electron chi connectivity index (χ0n) is 12.6. The van der Waals surface area contributed by atoms with Crippen LogP contribution in [0.15, 0.2) is 27.6 Å². The van der Waals surface area contributed by atoms with Crippen molar-refractivity contribution in [3.05, 3.63) is 35.3 Å². The van der Waals surface area contributed by atoms with Crippen LogP contribution in [-0.2, 0) is 6.54 Å². The van der Waals surface area contributed by atoms with E-state index in [1.807, 2.05) is 6.92 Å². The molecular formula is C16H21FIN3O. The number of nitrogens with two attached hydrogens (primary N) is 1. The number of furan rings is 1. The molecule has 0 bridgehead atoms. The second-order valence-corrected chi connectivity index (χ2v) is 5.67. The van der Waals surface area contributed by atoms with Crippen molar-refractivity contribution in [2.45, 2.75) is 32.7 Å². The Labute approximate surface area is 146 Å². The summed E-state index contributed by atoms with van der Waals surface area (Å²) in [7, 11) is 0. The predicted molar refractivity (Wildman–Crippen MR) is 97.0 cm³/mol. The highest BCUT2D eigenvalue weighted by Crippen LogP contribution is 2.26. The van der Waals surface area contributed by atoms with Gasteiger partial charge in [-0.2, -0.15) is 0 Å². The first-order chi connectivity index (χ1) is 10.1. The first kappa shape index (κ1) is 17.1. The standard InChI is InChI=1S/C16H20FN3O.HI/c1-10-13-7-12(17)5-6-14(13)21-15(10)9-20-16(18)19-8-11-3-2-4-11;/h5-7,11H,2-4,8-9H2,1H3,(H3,18,19,20);1H. The third-order valence-electron chi connectivity index (χ3n) is 4.19. The largest absolute Gasteiger partial charge is 0.459 e. The van der Waals surface area contributed by atoms with Crippen LogP contribution in [0.4, 0.5) is 4.39 Å². The molecule has 120 valence electrons. The van der Waals surface area contributed by atoms with Crippen molar-refractivity contribution >= 4 is 40.9 Å². The maximum absolute atomic E-state index is 13.3. The molecule has 1 aliphatic carbocycles. The Morgan fingerprint density at radius 1 is 1.45 bits per heavy atom. The molecule has 3 N–H and O–H groups in total. The fraction of sp³-hybridized carbons (Fsp3) is 0.438. The molecule has 0 saturated heterocycles. The van der Waals surface area contributed by atoms with Crippen molar-refractivity contribution in [2.75, 3.05) is 6.54 Å². The minimum absolute atomic E-state index is 0. The third kappa shape index (κ3) is 3.71. The first-order valence-electron chi connectivity index (χ1n) is 7.35. The lowest BCUT2D eigenvalue weighted by atomic mass is 9.85.